The van der Waals surface area contributed by atoms with E-state index in [1.807, 2.05) is 42.3 Å². The van der Waals surface area contributed by atoms with Crippen molar-refractivity contribution in [1.29, 1.82) is 0 Å². The highest BCUT2D eigenvalue weighted by atomic mass is 16.5. The monoisotopic (exact) mass is 438 g/mol. The predicted octanol–water partition coefficient (Wildman–Crippen LogP) is 2.26. The van der Waals surface area contributed by atoms with Gasteiger partial charge in [-0.05, 0) is 43.8 Å². The number of piperazine rings is 2. The van der Waals surface area contributed by atoms with E-state index in [4.69, 9.17) is 4.74 Å². The fraction of sp³-hybridized carbons (Fsp3) is 0.500. The van der Waals surface area contributed by atoms with Gasteiger partial charge in [-0.15, -0.1) is 0 Å². The number of amides is 2. The molecule has 32 heavy (non-hydrogen) atoms. The van der Waals surface area contributed by atoms with Crippen LogP contribution in [0.2, 0.25) is 0 Å². The van der Waals surface area contributed by atoms with E-state index < -0.39 is 0 Å². The molecule has 0 atom stereocenters. The number of hydrogen-bond donors (Lipinski definition) is 1. The molecule has 0 saturated carbocycles. The molecule has 2 amide bonds. The summed E-state index contributed by atoms with van der Waals surface area (Å²) in [7, 11) is 2.15. The van der Waals surface area contributed by atoms with E-state index in [-0.39, 0.29) is 6.03 Å². The Balaban J connectivity index is 1.27. The second-order valence-corrected chi connectivity index (χ2v) is 8.35. The van der Waals surface area contributed by atoms with Crippen molar-refractivity contribution in [1.82, 2.24) is 20.1 Å². The Morgan fingerprint density at radius 1 is 1.00 bits per heavy atom. The molecule has 2 saturated heterocycles. The van der Waals surface area contributed by atoms with Crippen LogP contribution < -0.4 is 19.9 Å². The quantitative estimate of drug-likeness (QED) is 0.747. The molecule has 8 nitrogen and oxygen atoms in total. The van der Waals surface area contributed by atoms with Gasteiger partial charge < -0.3 is 29.7 Å². The highest BCUT2D eigenvalue weighted by molar-refractivity contribution is 5.74. The van der Waals surface area contributed by atoms with Gasteiger partial charge in [0.2, 0.25) is 0 Å². The maximum atomic E-state index is 12.7. The molecule has 1 aromatic carbocycles. The summed E-state index contributed by atoms with van der Waals surface area (Å²) in [6, 6.07) is 12.2. The van der Waals surface area contributed by atoms with Gasteiger partial charge in [0.25, 0.3) is 0 Å². The number of nitrogens with one attached hydrogen (secondary N) is 1. The molecule has 2 aromatic rings. The maximum Gasteiger partial charge on any atom is 0.317 e. The van der Waals surface area contributed by atoms with Crippen molar-refractivity contribution in [3.8, 4) is 5.75 Å². The molecule has 2 aliphatic heterocycles. The lowest BCUT2D eigenvalue weighted by molar-refractivity contribution is 0.194. The van der Waals surface area contributed by atoms with E-state index in [2.05, 4.69) is 44.2 Å². The third kappa shape index (κ3) is 5.43. The SMILES string of the molecule is CCOc1ccccc1N1CCN(C(=O)NCc2ccnc(N3CCN(C)CC3)c2)CC1. The van der Waals surface area contributed by atoms with Crippen LogP contribution in [0, 0.1) is 0 Å². The number of hydrogen-bond acceptors (Lipinski definition) is 6. The van der Waals surface area contributed by atoms with Gasteiger partial charge in [0.05, 0.1) is 12.3 Å². The third-order valence-electron chi connectivity index (χ3n) is 6.15. The Morgan fingerprint density at radius 2 is 1.72 bits per heavy atom. The zero-order valence-corrected chi connectivity index (χ0v) is 19.2. The molecular formula is C24H34N6O2. The lowest BCUT2D eigenvalue weighted by atomic mass is 10.2. The standard InChI is InChI=1S/C24H34N6O2/c1-3-32-22-7-5-4-6-21(22)28-14-16-30(17-15-28)24(31)26-19-20-8-9-25-23(18-20)29-12-10-27(2)11-13-29/h4-9,18H,3,10-17,19H2,1-2H3,(H,26,31). The highest BCUT2D eigenvalue weighted by Gasteiger charge is 2.23. The van der Waals surface area contributed by atoms with Crippen molar-refractivity contribution in [3.05, 3.63) is 48.2 Å². The Kier molecular flexibility index (Phi) is 7.32. The summed E-state index contributed by atoms with van der Waals surface area (Å²) < 4.78 is 5.77. The summed E-state index contributed by atoms with van der Waals surface area (Å²) in [6.07, 6.45) is 1.84. The molecule has 0 unspecified atom stereocenters. The van der Waals surface area contributed by atoms with Crippen LogP contribution in [0.25, 0.3) is 0 Å². The smallest absolute Gasteiger partial charge is 0.317 e. The van der Waals surface area contributed by atoms with E-state index in [0.717, 1.165) is 62.1 Å². The number of likely N-dealkylation sites (N-methyl/N-ethyl adjacent to an activating group) is 1. The number of benzene rings is 1. The first-order valence-corrected chi connectivity index (χ1v) is 11.5. The number of carbonyl (C=O) groups excluding carboxylic acids is 1. The normalized spacial score (nSPS) is 17.4. The zero-order chi connectivity index (χ0) is 22.3. The van der Waals surface area contributed by atoms with Crippen LogP contribution in [0.1, 0.15) is 12.5 Å². The van der Waals surface area contributed by atoms with Crippen molar-refractivity contribution in [2.45, 2.75) is 13.5 Å². The number of para-hydroxylation sites is 2. The molecule has 0 aliphatic carbocycles. The van der Waals surface area contributed by atoms with Gasteiger partial charge >= 0.3 is 6.03 Å². The molecule has 3 heterocycles. The largest absolute Gasteiger partial charge is 0.492 e. The van der Waals surface area contributed by atoms with Gasteiger partial charge in [-0.3, -0.25) is 0 Å². The van der Waals surface area contributed by atoms with Crippen LogP contribution in [0.3, 0.4) is 0 Å². The average molecular weight is 439 g/mol. The van der Waals surface area contributed by atoms with Crippen molar-refractivity contribution in [2.75, 3.05) is 75.8 Å². The number of carbonyl (C=O) groups is 1. The van der Waals surface area contributed by atoms with Crippen molar-refractivity contribution in [3.63, 3.8) is 0 Å². The Bertz CT molecular complexity index is 892. The zero-order valence-electron chi connectivity index (χ0n) is 19.2. The van der Waals surface area contributed by atoms with Crippen LogP contribution >= 0.6 is 0 Å². The fourth-order valence-corrected chi connectivity index (χ4v) is 4.21. The summed E-state index contributed by atoms with van der Waals surface area (Å²) >= 11 is 0. The number of aromatic nitrogens is 1. The Labute approximate surface area is 190 Å². The predicted molar refractivity (Wildman–Crippen MR) is 128 cm³/mol. The second kappa shape index (κ2) is 10.5. The summed E-state index contributed by atoms with van der Waals surface area (Å²) in [5.41, 5.74) is 2.18. The third-order valence-corrected chi connectivity index (χ3v) is 6.15. The molecule has 172 valence electrons. The van der Waals surface area contributed by atoms with E-state index in [1.165, 1.54) is 0 Å². The lowest BCUT2D eigenvalue weighted by Gasteiger charge is -2.36. The van der Waals surface area contributed by atoms with Crippen LogP contribution in [-0.2, 0) is 6.54 Å². The number of ether oxygens (including phenoxy) is 1. The first-order valence-electron chi connectivity index (χ1n) is 11.5. The topological polar surface area (TPSA) is 64.2 Å². The van der Waals surface area contributed by atoms with Crippen molar-refractivity contribution < 1.29 is 9.53 Å². The van der Waals surface area contributed by atoms with E-state index in [9.17, 15) is 4.79 Å². The highest BCUT2D eigenvalue weighted by Crippen LogP contribution is 2.28. The second-order valence-electron chi connectivity index (χ2n) is 8.35. The van der Waals surface area contributed by atoms with Crippen molar-refractivity contribution in [2.24, 2.45) is 0 Å². The molecule has 0 radical (unpaired) electrons. The van der Waals surface area contributed by atoms with Gasteiger partial charge in [0, 0.05) is 65.1 Å². The Morgan fingerprint density at radius 3 is 2.47 bits per heavy atom. The van der Waals surface area contributed by atoms with Crippen molar-refractivity contribution >= 4 is 17.5 Å². The molecule has 1 aromatic heterocycles. The molecule has 2 fully saturated rings. The lowest BCUT2D eigenvalue weighted by Crippen LogP contribution is -2.51. The van der Waals surface area contributed by atoms with Gasteiger partial charge in [0.15, 0.2) is 0 Å². The van der Waals surface area contributed by atoms with Gasteiger partial charge in [-0.2, -0.15) is 0 Å². The fourth-order valence-electron chi connectivity index (χ4n) is 4.21. The van der Waals surface area contributed by atoms with Gasteiger partial charge in [-0.1, -0.05) is 12.1 Å². The van der Waals surface area contributed by atoms with Crippen LogP contribution in [0.4, 0.5) is 16.3 Å². The molecular weight excluding hydrogens is 404 g/mol. The first kappa shape index (κ1) is 22.2. The van der Waals surface area contributed by atoms with E-state index in [0.29, 0.717) is 26.2 Å². The maximum absolute atomic E-state index is 12.7. The van der Waals surface area contributed by atoms with Gasteiger partial charge in [0.1, 0.15) is 11.6 Å². The molecule has 0 spiro atoms. The van der Waals surface area contributed by atoms with Crippen LogP contribution in [0.15, 0.2) is 42.6 Å². The minimum absolute atomic E-state index is 0.0132. The molecule has 1 N–H and O–H groups in total. The van der Waals surface area contributed by atoms with Gasteiger partial charge in [-0.25, -0.2) is 9.78 Å². The first-order chi connectivity index (χ1) is 15.6. The molecule has 8 heteroatoms. The Hall–Kier alpha value is -3.00. The van der Waals surface area contributed by atoms with E-state index >= 15 is 0 Å². The summed E-state index contributed by atoms with van der Waals surface area (Å²) in [6.45, 7) is 10.2. The number of nitrogens with zero attached hydrogens (tertiary/aromatic N) is 5. The molecule has 4 rings (SSSR count). The summed E-state index contributed by atoms with van der Waals surface area (Å²) in [4.78, 5) is 26.1. The number of pyridine rings is 1. The molecule has 2 aliphatic rings. The average Bonchev–Trinajstić information content (AvgIpc) is 2.84. The minimum atomic E-state index is -0.0132. The minimum Gasteiger partial charge on any atom is -0.492 e. The molecule has 0 bridgehead atoms. The van der Waals surface area contributed by atoms with Crippen LogP contribution in [-0.4, -0.2) is 86.8 Å². The number of anilines is 2. The van der Waals surface area contributed by atoms with Crippen LogP contribution in [0.5, 0.6) is 5.75 Å². The van der Waals surface area contributed by atoms with E-state index in [1.54, 1.807) is 0 Å². The summed E-state index contributed by atoms with van der Waals surface area (Å²) in [5, 5.41) is 3.08. The number of rotatable bonds is 6. The number of urea groups is 1. The summed E-state index contributed by atoms with van der Waals surface area (Å²) in [5.74, 6) is 1.90.